The van der Waals surface area contributed by atoms with Crippen molar-refractivity contribution < 1.29 is 14.7 Å². The van der Waals surface area contributed by atoms with E-state index in [4.69, 9.17) is 4.98 Å². The minimum Gasteiger partial charge on any atom is -0.478 e. The first-order chi connectivity index (χ1) is 16.9. The Bertz CT molecular complexity index is 1460. The van der Waals surface area contributed by atoms with Gasteiger partial charge in [-0.15, -0.1) is 0 Å². The number of carboxylic acid groups (broad SMARTS) is 1. The molecule has 0 spiro atoms. The Morgan fingerprint density at radius 2 is 1.91 bits per heavy atom. The van der Waals surface area contributed by atoms with Crippen LogP contribution in [-0.4, -0.2) is 38.6 Å². The highest BCUT2D eigenvalue weighted by Gasteiger charge is 2.30. The van der Waals surface area contributed by atoms with E-state index >= 15 is 0 Å². The minimum atomic E-state index is -0.999. The summed E-state index contributed by atoms with van der Waals surface area (Å²) in [7, 11) is 1.78. The van der Waals surface area contributed by atoms with Gasteiger partial charge in [0.05, 0.1) is 12.1 Å². The first kappa shape index (κ1) is 22.3. The van der Waals surface area contributed by atoms with E-state index in [0.29, 0.717) is 23.6 Å². The summed E-state index contributed by atoms with van der Waals surface area (Å²) in [5, 5.41) is 12.5. The number of carbonyl (C=O) groups is 2. The number of amides is 1. The van der Waals surface area contributed by atoms with Gasteiger partial charge in [-0.05, 0) is 61.4 Å². The van der Waals surface area contributed by atoms with E-state index in [0.717, 1.165) is 28.2 Å². The maximum Gasteiger partial charge on any atom is 0.335 e. The maximum atomic E-state index is 13.4. The van der Waals surface area contributed by atoms with Gasteiger partial charge in [-0.25, -0.2) is 14.8 Å². The van der Waals surface area contributed by atoms with Crippen molar-refractivity contribution in [2.75, 3.05) is 17.3 Å². The molecule has 1 amide bonds. The second-order valence-corrected chi connectivity index (χ2v) is 8.71. The number of benzene rings is 2. The Morgan fingerprint density at radius 1 is 1.09 bits per heavy atom. The summed E-state index contributed by atoms with van der Waals surface area (Å²) in [6, 6.07) is 16.4. The summed E-state index contributed by atoms with van der Waals surface area (Å²) < 4.78 is 2.05. The summed E-state index contributed by atoms with van der Waals surface area (Å²) >= 11 is 0. The van der Waals surface area contributed by atoms with E-state index in [1.54, 1.807) is 36.3 Å². The number of nitrogens with zero attached hydrogens (tertiary/aromatic N) is 4. The monoisotopic (exact) mass is 467 g/mol. The number of hydrogen-bond donors (Lipinski definition) is 2. The Balaban J connectivity index is 1.50. The number of pyridine rings is 1. The smallest absolute Gasteiger partial charge is 0.335 e. The topological polar surface area (TPSA) is 100 Å². The lowest BCUT2D eigenvalue weighted by atomic mass is 9.97. The molecular formula is C27H25N5O3. The van der Waals surface area contributed by atoms with Crippen molar-refractivity contribution in [1.82, 2.24) is 14.5 Å². The van der Waals surface area contributed by atoms with E-state index < -0.39 is 5.97 Å². The van der Waals surface area contributed by atoms with Crippen LogP contribution in [0.25, 0.3) is 22.6 Å². The molecule has 0 aliphatic carbocycles. The lowest BCUT2D eigenvalue weighted by Gasteiger charge is -2.16. The fourth-order valence-corrected chi connectivity index (χ4v) is 4.41. The van der Waals surface area contributed by atoms with Crippen LogP contribution in [0.4, 0.5) is 11.5 Å². The summed E-state index contributed by atoms with van der Waals surface area (Å²) in [5.41, 5.74) is 4.65. The Morgan fingerprint density at radius 3 is 2.66 bits per heavy atom. The van der Waals surface area contributed by atoms with E-state index in [2.05, 4.69) is 24.1 Å². The molecule has 4 aromatic rings. The van der Waals surface area contributed by atoms with Crippen molar-refractivity contribution >= 4 is 23.4 Å². The van der Waals surface area contributed by atoms with Gasteiger partial charge in [0.15, 0.2) is 5.82 Å². The summed E-state index contributed by atoms with van der Waals surface area (Å²) in [6.45, 7) is 4.58. The van der Waals surface area contributed by atoms with Crippen LogP contribution in [0.15, 0.2) is 67.0 Å². The minimum absolute atomic E-state index is 0.140. The van der Waals surface area contributed by atoms with E-state index in [9.17, 15) is 14.7 Å². The molecule has 0 unspecified atom stereocenters. The quantitative estimate of drug-likeness (QED) is 0.410. The van der Waals surface area contributed by atoms with E-state index in [1.807, 2.05) is 47.2 Å². The lowest BCUT2D eigenvalue weighted by molar-refractivity contribution is 0.0696. The predicted octanol–water partition coefficient (Wildman–Crippen LogP) is 5.09. The first-order valence-corrected chi connectivity index (χ1v) is 11.4. The van der Waals surface area contributed by atoms with Crippen LogP contribution >= 0.6 is 0 Å². The normalized spacial score (nSPS) is 12.8. The van der Waals surface area contributed by atoms with Gasteiger partial charge in [0.1, 0.15) is 11.5 Å². The third-order valence-corrected chi connectivity index (χ3v) is 6.23. The van der Waals surface area contributed by atoms with Crippen LogP contribution in [-0.2, 0) is 6.54 Å². The summed E-state index contributed by atoms with van der Waals surface area (Å²) in [5.74, 6) is 0.180. The summed E-state index contributed by atoms with van der Waals surface area (Å²) in [6.07, 6.45) is 3.67. The number of imidazole rings is 1. The van der Waals surface area contributed by atoms with Gasteiger partial charge in [-0.3, -0.25) is 9.69 Å². The zero-order chi connectivity index (χ0) is 24.7. The fraction of sp³-hybridized carbons (Fsp3) is 0.185. The highest BCUT2D eigenvalue weighted by molar-refractivity contribution is 6.10. The van der Waals surface area contributed by atoms with Crippen LogP contribution < -0.4 is 10.2 Å². The van der Waals surface area contributed by atoms with Gasteiger partial charge >= 0.3 is 5.97 Å². The number of anilines is 2. The SMILES string of the molecule is CNc1ccc(C(=O)O)cc1-c1ccc2c(c1)C(=O)N(c1cccc(-c3nccn3C(C)C)n1)C2. The molecule has 0 saturated heterocycles. The Labute approximate surface area is 202 Å². The Hall–Kier alpha value is -4.46. The van der Waals surface area contributed by atoms with Crippen molar-refractivity contribution in [3.63, 3.8) is 0 Å². The predicted molar refractivity (Wildman–Crippen MR) is 135 cm³/mol. The van der Waals surface area contributed by atoms with Crippen molar-refractivity contribution in [2.45, 2.75) is 26.4 Å². The third kappa shape index (κ3) is 3.93. The van der Waals surface area contributed by atoms with Crippen molar-refractivity contribution in [3.05, 3.63) is 83.7 Å². The molecule has 0 atom stereocenters. The van der Waals surface area contributed by atoms with Gasteiger partial charge in [-0.1, -0.05) is 18.2 Å². The molecule has 8 nitrogen and oxygen atoms in total. The molecule has 176 valence electrons. The van der Waals surface area contributed by atoms with Gasteiger partial charge in [0.25, 0.3) is 5.91 Å². The number of nitrogens with one attached hydrogen (secondary N) is 1. The second kappa shape index (κ2) is 8.72. The Kier molecular flexibility index (Phi) is 5.56. The van der Waals surface area contributed by atoms with E-state index in [1.165, 1.54) is 0 Å². The molecule has 0 bridgehead atoms. The van der Waals surface area contributed by atoms with Crippen molar-refractivity contribution in [3.8, 4) is 22.6 Å². The molecule has 35 heavy (non-hydrogen) atoms. The first-order valence-electron chi connectivity index (χ1n) is 11.4. The molecule has 1 aliphatic rings. The molecule has 2 aromatic carbocycles. The number of rotatable bonds is 6. The van der Waals surface area contributed by atoms with Crippen molar-refractivity contribution in [2.24, 2.45) is 0 Å². The highest BCUT2D eigenvalue weighted by atomic mass is 16.4. The van der Waals surface area contributed by atoms with Crippen LogP contribution in [0.3, 0.4) is 0 Å². The average Bonchev–Trinajstić information content (AvgIpc) is 3.49. The average molecular weight is 468 g/mol. The van der Waals surface area contributed by atoms with Crippen molar-refractivity contribution in [1.29, 1.82) is 0 Å². The van der Waals surface area contributed by atoms with Crippen LogP contribution in [0.5, 0.6) is 0 Å². The number of fused-ring (bicyclic) bond motifs is 1. The van der Waals surface area contributed by atoms with Gasteiger partial charge in [0.2, 0.25) is 0 Å². The second-order valence-electron chi connectivity index (χ2n) is 8.71. The summed E-state index contributed by atoms with van der Waals surface area (Å²) in [4.78, 5) is 35.8. The van der Waals surface area contributed by atoms with Crippen LogP contribution in [0, 0.1) is 0 Å². The molecule has 1 aliphatic heterocycles. The van der Waals surface area contributed by atoms with Crippen LogP contribution in [0.1, 0.15) is 46.2 Å². The maximum absolute atomic E-state index is 13.4. The largest absolute Gasteiger partial charge is 0.478 e. The molecule has 8 heteroatoms. The molecule has 2 N–H and O–H groups in total. The number of aromatic nitrogens is 3. The van der Waals surface area contributed by atoms with Gasteiger partial charge in [-0.2, -0.15) is 0 Å². The molecule has 0 saturated carbocycles. The molecule has 0 radical (unpaired) electrons. The fourth-order valence-electron chi connectivity index (χ4n) is 4.41. The number of aromatic carboxylic acids is 1. The number of carboxylic acids is 1. The zero-order valence-corrected chi connectivity index (χ0v) is 19.7. The number of hydrogen-bond acceptors (Lipinski definition) is 5. The van der Waals surface area contributed by atoms with Gasteiger partial charge < -0.3 is 15.0 Å². The molecule has 5 rings (SSSR count). The lowest BCUT2D eigenvalue weighted by Crippen LogP contribution is -2.24. The standard InChI is InChI=1S/C27H25N5O3/c1-16(2)31-12-11-29-25(31)23-5-4-6-24(30-23)32-15-19-8-7-17(13-21(19)26(32)33)20-14-18(27(34)35)9-10-22(20)28-3/h4-14,16,28H,15H2,1-3H3,(H,34,35). The molecule has 0 fully saturated rings. The van der Waals surface area contributed by atoms with Crippen LogP contribution in [0.2, 0.25) is 0 Å². The molecule has 3 heterocycles. The van der Waals surface area contributed by atoms with Gasteiger partial charge in [0, 0.05) is 42.3 Å². The third-order valence-electron chi connectivity index (χ3n) is 6.23. The molecule has 2 aromatic heterocycles. The zero-order valence-electron chi connectivity index (χ0n) is 19.7. The number of carbonyl (C=O) groups excluding carboxylic acids is 1. The molecular weight excluding hydrogens is 442 g/mol. The highest BCUT2D eigenvalue weighted by Crippen LogP contribution is 2.35. The van der Waals surface area contributed by atoms with E-state index in [-0.39, 0.29) is 17.5 Å².